The summed E-state index contributed by atoms with van der Waals surface area (Å²) in [5.74, 6) is 0.740. The van der Waals surface area contributed by atoms with Crippen LogP contribution in [-0.2, 0) is 9.53 Å². The topological polar surface area (TPSA) is 32.8 Å². The molecule has 0 saturated carbocycles. The fourth-order valence-electron chi connectivity index (χ4n) is 2.68. The normalized spacial score (nSPS) is 25.8. The Morgan fingerprint density at radius 1 is 1.28 bits per heavy atom. The average molecular weight is 256 g/mol. The third-order valence-corrected chi connectivity index (χ3v) is 3.59. The molecule has 0 aromatic carbocycles. The van der Waals surface area contributed by atoms with Crippen molar-refractivity contribution in [2.24, 2.45) is 5.92 Å². The number of ether oxygens (including phenoxy) is 1. The van der Waals surface area contributed by atoms with Gasteiger partial charge in [-0.05, 0) is 19.8 Å². The van der Waals surface area contributed by atoms with Gasteiger partial charge in [0.25, 0.3) is 0 Å². The zero-order valence-corrected chi connectivity index (χ0v) is 12.5. The highest BCUT2D eigenvalue weighted by molar-refractivity contribution is 5.76. The van der Waals surface area contributed by atoms with Gasteiger partial charge in [-0.1, -0.05) is 13.8 Å². The van der Waals surface area contributed by atoms with Gasteiger partial charge in [0.2, 0.25) is 5.91 Å². The van der Waals surface area contributed by atoms with Crippen molar-refractivity contribution < 1.29 is 9.53 Å². The monoisotopic (exact) mass is 256 g/mol. The number of hydrogen-bond donors (Lipinski definition) is 0. The molecule has 0 aromatic rings. The molecule has 1 fully saturated rings. The Labute approximate surface area is 111 Å². The van der Waals surface area contributed by atoms with E-state index in [9.17, 15) is 4.79 Å². The molecule has 0 spiro atoms. The standard InChI is InChI=1S/C14H28N2O2/c1-11(2)8-14(17)15-9-12(3)16(6-7-18-5)13(4)10-15/h11-13H,6-10H2,1-5H3. The van der Waals surface area contributed by atoms with Crippen molar-refractivity contribution >= 4 is 5.91 Å². The van der Waals surface area contributed by atoms with Crippen molar-refractivity contribution in [3.8, 4) is 0 Å². The second-order valence-electron chi connectivity index (χ2n) is 5.83. The van der Waals surface area contributed by atoms with Gasteiger partial charge in [-0.15, -0.1) is 0 Å². The Kier molecular flexibility index (Phi) is 6.09. The molecule has 0 aliphatic carbocycles. The summed E-state index contributed by atoms with van der Waals surface area (Å²) < 4.78 is 5.15. The fraction of sp³-hybridized carbons (Fsp3) is 0.929. The zero-order chi connectivity index (χ0) is 13.7. The lowest BCUT2D eigenvalue weighted by Gasteiger charge is -2.44. The quantitative estimate of drug-likeness (QED) is 0.749. The van der Waals surface area contributed by atoms with E-state index in [1.807, 2.05) is 4.90 Å². The molecule has 0 bridgehead atoms. The van der Waals surface area contributed by atoms with Crippen molar-refractivity contribution in [2.45, 2.75) is 46.2 Å². The molecule has 1 rings (SSSR count). The Morgan fingerprint density at radius 3 is 2.28 bits per heavy atom. The van der Waals surface area contributed by atoms with Crippen LogP contribution < -0.4 is 0 Å². The molecule has 106 valence electrons. The highest BCUT2D eigenvalue weighted by Crippen LogP contribution is 2.17. The van der Waals surface area contributed by atoms with E-state index >= 15 is 0 Å². The third-order valence-electron chi connectivity index (χ3n) is 3.59. The summed E-state index contributed by atoms with van der Waals surface area (Å²) in [7, 11) is 1.73. The highest BCUT2D eigenvalue weighted by Gasteiger charge is 2.31. The maximum absolute atomic E-state index is 12.1. The molecule has 0 N–H and O–H groups in total. The molecule has 2 unspecified atom stereocenters. The van der Waals surface area contributed by atoms with E-state index in [0.717, 1.165) is 26.2 Å². The molecule has 1 amide bonds. The van der Waals surface area contributed by atoms with Gasteiger partial charge in [-0.3, -0.25) is 9.69 Å². The third kappa shape index (κ3) is 4.25. The largest absolute Gasteiger partial charge is 0.383 e. The highest BCUT2D eigenvalue weighted by atomic mass is 16.5. The van der Waals surface area contributed by atoms with Crippen molar-refractivity contribution in [2.75, 3.05) is 33.4 Å². The van der Waals surface area contributed by atoms with Crippen LogP contribution in [0.25, 0.3) is 0 Å². The molecule has 1 heterocycles. The molecule has 18 heavy (non-hydrogen) atoms. The first kappa shape index (κ1) is 15.4. The van der Waals surface area contributed by atoms with Crippen molar-refractivity contribution in [1.82, 2.24) is 9.80 Å². The van der Waals surface area contributed by atoms with Crippen LogP contribution >= 0.6 is 0 Å². The SMILES string of the molecule is COCCN1C(C)CN(C(=O)CC(C)C)CC1C. The van der Waals surface area contributed by atoms with Crippen LogP contribution in [0, 0.1) is 5.92 Å². The molecule has 0 aromatic heterocycles. The van der Waals surface area contributed by atoms with E-state index in [1.165, 1.54) is 0 Å². The Bertz CT molecular complexity index is 257. The van der Waals surface area contributed by atoms with Gasteiger partial charge < -0.3 is 9.64 Å². The van der Waals surface area contributed by atoms with Gasteiger partial charge >= 0.3 is 0 Å². The van der Waals surface area contributed by atoms with Crippen LogP contribution in [0.4, 0.5) is 0 Å². The van der Waals surface area contributed by atoms with Crippen LogP contribution in [-0.4, -0.2) is 61.1 Å². The first-order valence-electron chi connectivity index (χ1n) is 6.98. The van der Waals surface area contributed by atoms with E-state index in [0.29, 0.717) is 30.3 Å². The second kappa shape index (κ2) is 7.10. The predicted octanol–water partition coefficient (Wildman–Crippen LogP) is 1.60. The van der Waals surface area contributed by atoms with Gasteiger partial charge in [-0.2, -0.15) is 0 Å². The molecular weight excluding hydrogens is 228 g/mol. The minimum absolute atomic E-state index is 0.301. The molecule has 4 heteroatoms. The van der Waals surface area contributed by atoms with Crippen molar-refractivity contribution in [1.29, 1.82) is 0 Å². The first-order chi connectivity index (χ1) is 8.45. The maximum atomic E-state index is 12.1. The average Bonchev–Trinajstić information content (AvgIpc) is 2.26. The lowest BCUT2D eigenvalue weighted by atomic mass is 10.1. The number of hydrogen-bond acceptors (Lipinski definition) is 3. The number of methoxy groups -OCH3 is 1. The first-order valence-corrected chi connectivity index (χ1v) is 6.98. The Balaban J connectivity index is 2.52. The van der Waals surface area contributed by atoms with Crippen LogP contribution in [0.5, 0.6) is 0 Å². The number of amides is 1. The van der Waals surface area contributed by atoms with E-state index in [-0.39, 0.29) is 0 Å². The molecule has 1 saturated heterocycles. The fourth-order valence-corrected chi connectivity index (χ4v) is 2.68. The molecule has 0 radical (unpaired) electrons. The van der Waals surface area contributed by atoms with Gasteiger partial charge in [0, 0.05) is 45.2 Å². The summed E-state index contributed by atoms with van der Waals surface area (Å²) in [6.45, 7) is 12.0. The number of carbonyl (C=O) groups is 1. The number of piperazine rings is 1. The van der Waals surface area contributed by atoms with Crippen LogP contribution in [0.1, 0.15) is 34.1 Å². The number of carbonyl (C=O) groups excluding carboxylic acids is 1. The zero-order valence-electron chi connectivity index (χ0n) is 12.5. The van der Waals surface area contributed by atoms with E-state index in [4.69, 9.17) is 4.74 Å². The lowest BCUT2D eigenvalue weighted by Crippen LogP contribution is -2.58. The summed E-state index contributed by atoms with van der Waals surface area (Å²) in [5, 5.41) is 0. The Morgan fingerprint density at radius 2 is 1.83 bits per heavy atom. The molecular formula is C14H28N2O2. The van der Waals surface area contributed by atoms with Gasteiger partial charge in [0.05, 0.1) is 6.61 Å². The van der Waals surface area contributed by atoms with E-state index < -0.39 is 0 Å². The molecule has 1 aliphatic heterocycles. The van der Waals surface area contributed by atoms with Crippen molar-refractivity contribution in [3.05, 3.63) is 0 Å². The molecule has 1 aliphatic rings. The second-order valence-corrected chi connectivity index (χ2v) is 5.83. The minimum atomic E-state index is 0.301. The van der Waals surface area contributed by atoms with E-state index in [1.54, 1.807) is 7.11 Å². The minimum Gasteiger partial charge on any atom is -0.383 e. The van der Waals surface area contributed by atoms with Crippen LogP contribution in [0.2, 0.25) is 0 Å². The molecule has 4 nitrogen and oxygen atoms in total. The summed E-state index contributed by atoms with van der Waals surface area (Å²) in [5.41, 5.74) is 0. The van der Waals surface area contributed by atoms with Crippen molar-refractivity contribution in [3.63, 3.8) is 0 Å². The number of nitrogens with zero attached hydrogens (tertiary/aromatic N) is 2. The van der Waals surface area contributed by atoms with Gasteiger partial charge in [0.1, 0.15) is 0 Å². The van der Waals surface area contributed by atoms with Crippen LogP contribution in [0.3, 0.4) is 0 Å². The predicted molar refractivity (Wildman–Crippen MR) is 73.5 cm³/mol. The van der Waals surface area contributed by atoms with Gasteiger partial charge in [0.15, 0.2) is 0 Å². The maximum Gasteiger partial charge on any atom is 0.222 e. The Hall–Kier alpha value is -0.610. The van der Waals surface area contributed by atoms with Gasteiger partial charge in [-0.25, -0.2) is 0 Å². The van der Waals surface area contributed by atoms with E-state index in [2.05, 4.69) is 32.6 Å². The summed E-state index contributed by atoms with van der Waals surface area (Å²) in [6.07, 6.45) is 0.664. The lowest BCUT2D eigenvalue weighted by molar-refractivity contribution is -0.136. The number of rotatable bonds is 5. The summed E-state index contributed by atoms with van der Waals surface area (Å²) >= 11 is 0. The summed E-state index contributed by atoms with van der Waals surface area (Å²) in [6, 6.07) is 0.833. The smallest absolute Gasteiger partial charge is 0.222 e. The molecule has 2 atom stereocenters. The summed E-state index contributed by atoms with van der Waals surface area (Å²) in [4.78, 5) is 16.6. The van der Waals surface area contributed by atoms with Crippen LogP contribution in [0.15, 0.2) is 0 Å².